The number of ketones is 3. The van der Waals surface area contributed by atoms with Gasteiger partial charge in [0, 0.05) is 24.2 Å². The molecule has 0 unspecified atom stereocenters. The van der Waals surface area contributed by atoms with Crippen LogP contribution in [0.15, 0.2) is 11.6 Å². The number of ether oxygens (including phenoxy) is 1. The Balaban J connectivity index is 1.53. The molecule has 0 saturated heterocycles. The number of aliphatic hydroxyl groups is 1. The molecule has 3 fully saturated rings. The standard InChI is InChI=1S/C25H31O8/c1-23-9-7-15(26)11-14(23)3-4-16-17-8-10-25(32,24(17,2)12-18(27)22(16)23)19(28)13-33-21(31)6-5-20(29)30/h11,16-17,22,32H,3-10,12-13H2,1-2H3/t16-,17-,22+,23-,24-,25-/m0/s1. The lowest BCUT2D eigenvalue weighted by Gasteiger charge is -2.57. The summed E-state index contributed by atoms with van der Waals surface area (Å²) in [4.78, 5) is 60.8. The highest BCUT2D eigenvalue weighted by atomic mass is 16.5. The van der Waals surface area contributed by atoms with Crippen LogP contribution in [-0.4, -0.2) is 46.6 Å². The summed E-state index contributed by atoms with van der Waals surface area (Å²) in [6.45, 7) is 3.23. The topological polar surface area (TPSA) is 135 Å². The maximum Gasteiger partial charge on any atom is 0.356 e. The van der Waals surface area contributed by atoms with Crippen molar-refractivity contribution in [3.63, 3.8) is 0 Å². The Labute approximate surface area is 192 Å². The largest absolute Gasteiger partial charge is 0.458 e. The fraction of sp³-hybridized carbons (Fsp3) is 0.720. The monoisotopic (exact) mass is 459 g/mol. The molecular formula is C25H31O8. The third-order valence-electron chi connectivity index (χ3n) is 9.17. The quantitative estimate of drug-likeness (QED) is 0.602. The number of esters is 1. The molecule has 0 amide bonds. The predicted octanol–water partition coefficient (Wildman–Crippen LogP) is 2.28. The van der Waals surface area contributed by atoms with Crippen LogP contribution in [0.1, 0.15) is 71.6 Å². The number of Topliss-reactive ketones (excluding diaryl/α,β-unsaturated/α-hetero) is 2. The van der Waals surface area contributed by atoms with Crippen LogP contribution in [0.4, 0.5) is 0 Å². The van der Waals surface area contributed by atoms with E-state index in [1.807, 2.05) is 0 Å². The minimum absolute atomic E-state index is 0.0269. The van der Waals surface area contributed by atoms with Crippen LogP contribution in [0.2, 0.25) is 0 Å². The number of hydrogen-bond donors (Lipinski definition) is 1. The van der Waals surface area contributed by atoms with Crippen molar-refractivity contribution in [3.8, 4) is 0 Å². The Kier molecular flexibility index (Phi) is 5.88. The number of fused-ring (bicyclic) bond motifs is 5. The van der Waals surface area contributed by atoms with Gasteiger partial charge in [-0.15, -0.1) is 0 Å². The molecule has 0 spiro atoms. The molecule has 1 radical (unpaired) electrons. The van der Waals surface area contributed by atoms with E-state index in [0.29, 0.717) is 19.3 Å². The Hall–Kier alpha value is -2.35. The fourth-order valence-electron chi connectivity index (χ4n) is 7.39. The molecule has 8 heteroatoms. The normalized spacial score (nSPS) is 39.7. The second kappa shape index (κ2) is 8.15. The van der Waals surface area contributed by atoms with Gasteiger partial charge in [0.05, 0.1) is 12.8 Å². The van der Waals surface area contributed by atoms with Crippen LogP contribution in [0.3, 0.4) is 0 Å². The molecule has 0 aromatic carbocycles. The van der Waals surface area contributed by atoms with Crippen LogP contribution in [0, 0.1) is 28.6 Å². The van der Waals surface area contributed by atoms with Gasteiger partial charge in [0.1, 0.15) is 11.4 Å². The molecule has 0 aliphatic heterocycles. The molecule has 3 saturated carbocycles. The molecule has 8 nitrogen and oxygen atoms in total. The molecule has 4 aliphatic rings. The summed E-state index contributed by atoms with van der Waals surface area (Å²) in [5.41, 5.74) is -2.03. The highest BCUT2D eigenvalue weighted by Crippen LogP contribution is 2.66. The molecule has 179 valence electrons. The van der Waals surface area contributed by atoms with E-state index in [0.717, 1.165) is 18.4 Å². The second-order valence-electron chi connectivity index (χ2n) is 10.8. The zero-order valence-corrected chi connectivity index (χ0v) is 19.2. The summed E-state index contributed by atoms with van der Waals surface area (Å²) in [6, 6.07) is 0. The van der Waals surface area contributed by atoms with Crippen LogP contribution < -0.4 is 0 Å². The minimum atomic E-state index is -1.79. The third-order valence-corrected chi connectivity index (χ3v) is 9.17. The van der Waals surface area contributed by atoms with Gasteiger partial charge in [-0.1, -0.05) is 19.4 Å². The number of allylic oxidation sites excluding steroid dienone is 1. The predicted molar refractivity (Wildman–Crippen MR) is 113 cm³/mol. The Morgan fingerprint density at radius 2 is 1.82 bits per heavy atom. The van der Waals surface area contributed by atoms with Gasteiger partial charge in [-0.05, 0) is 55.4 Å². The maximum absolute atomic E-state index is 13.6. The van der Waals surface area contributed by atoms with E-state index in [1.165, 1.54) is 0 Å². The lowest BCUT2D eigenvalue weighted by molar-refractivity contribution is -0.174. The summed E-state index contributed by atoms with van der Waals surface area (Å²) >= 11 is 0. The van der Waals surface area contributed by atoms with Gasteiger partial charge in [0.2, 0.25) is 5.78 Å². The van der Waals surface area contributed by atoms with Gasteiger partial charge in [-0.25, -0.2) is 9.90 Å². The molecule has 4 rings (SSSR count). The lowest BCUT2D eigenvalue weighted by Crippen LogP contribution is -2.61. The van der Waals surface area contributed by atoms with E-state index in [4.69, 9.17) is 4.74 Å². The molecule has 4 aliphatic carbocycles. The van der Waals surface area contributed by atoms with Crippen molar-refractivity contribution in [3.05, 3.63) is 11.6 Å². The van der Waals surface area contributed by atoms with Crippen LogP contribution >= 0.6 is 0 Å². The molecule has 33 heavy (non-hydrogen) atoms. The fourth-order valence-corrected chi connectivity index (χ4v) is 7.39. The van der Waals surface area contributed by atoms with E-state index in [9.17, 15) is 34.2 Å². The smallest absolute Gasteiger partial charge is 0.356 e. The van der Waals surface area contributed by atoms with E-state index >= 15 is 0 Å². The SMILES string of the molecule is C[C@]12CCC(=O)C=C1CC[C@@H]1[C@@H]2C(=O)C[C@@]2(C)[C@H]1CC[C@]2(O)C(=O)COC(=O)CCC([O])=O. The van der Waals surface area contributed by atoms with Gasteiger partial charge in [-0.2, -0.15) is 0 Å². The highest BCUT2D eigenvalue weighted by Gasteiger charge is 2.68. The zero-order valence-electron chi connectivity index (χ0n) is 19.2. The van der Waals surface area contributed by atoms with E-state index in [-0.39, 0.29) is 47.6 Å². The van der Waals surface area contributed by atoms with Gasteiger partial charge >= 0.3 is 11.9 Å². The van der Waals surface area contributed by atoms with Gasteiger partial charge in [-0.3, -0.25) is 19.2 Å². The summed E-state index contributed by atoms with van der Waals surface area (Å²) < 4.78 is 4.92. The number of hydrogen-bond acceptors (Lipinski definition) is 7. The molecule has 0 aromatic heterocycles. The third kappa shape index (κ3) is 3.66. The first-order valence-corrected chi connectivity index (χ1v) is 11.8. The minimum Gasteiger partial charge on any atom is -0.458 e. The van der Waals surface area contributed by atoms with Gasteiger partial charge in [0.25, 0.3) is 0 Å². The molecule has 0 heterocycles. The second-order valence-corrected chi connectivity index (χ2v) is 10.8. The first kappa shape index (κ1) is 23.8. The zero-order chi connectivity index (χ0) is 24.2. The molecule has 1 N–H and O–H groups in total. The Bertz CT molecular complexity index is 950. The molecule has 6 atom stereocenters. The van der Waals surface area contributed by atoms with Crippen molar-refractivity contribution < 1.29 is 38.9 Å². The van der Waals surface area contributed by atoms with Crippen molar-refractivity contribution in [2.45, 2.75) is 77.2 Å². The van der Waals surface area contributed by atoms with E-state index < -0.39 is 48.2 Å². The molecule has 0 aromatic rings. The van der Waals surface area contributed by atoms with E-state index in [1.54, 1.807) is 13.0 Å². The summed E-state index contributed by atoms with van der Waals surface area (Å²) in [5, 5.41) is 22.0. The lowest BCUT2D eigenvalue weighted by atomic mass is 9.46. The van der Waals surface area contributed by atoms with Crippen molar-refractivity contribution >= 4 is 29.3 Å². The van der Waals surface area contributed by atoms with Crippen molar-refractivity contribution in [2.75, 3.05) is 6.61 Å². The molecule has 0 bridgehead atoms. The molecular weight excluding hydrogens is 428 g/mol. The number of rotatable bonds is 6. The van der Waals surface area contributed by atoms with Crippen LogP contribution in [0.5, 0.6) is 0 Å². The van der Waals surface area contributed by atoms with Crippen LogP contribution in [0.25, 0.3) is 0 Å². The van der Waals surface area contributed by atoms with Gasteiger partial charge in [0.15, 0.2) is 12.4 Å². The average Bonchev–Trinajstić information content (AvgIpc) is 3.02. The van der Waals surface area contributed by atoms with Crippen molar-refractivity contribution in [1.29, 1.82) is 0 Å². The average molecular weight is 460 g/mol. The van der Waals surface area contributed by atoms with Crippen molar-refractivity contribution in [2.24, 2.45) is 28.6 Å². The Morgan fingerprint density at radius 1 is 1.09 bits per heavy atom. The van der Waals surface area contributed by atoms with Crippen molar-refractivity contribution in [1.82, 2.24) is 0 Å². The first-order chi connectivity index (χ1) is 15.4. The maximum atomic E-state index is 13.6. The Morgan fingerprint density at radius 3 is 2.52 bits per heavy atom. The summed E-state index contributed by atoms with van der Waals surface area (Å²) in [7, 11) is 0. The summed E-state index contributed by atoms with van der Waals surface area (Å²) in [5.74, 6) is -2.96. The first-order valence-electron chi connectivity index (χ1n) is 11.8. The van der Waals surface area contributed by atoms with Crippen LogP contribution in [-0.2, 0) is 33.8 Å². The highest BCUT2D eigenvalue weighted by molar-refractivity contribution is 5.95. The van der Waals surface area contributed by atoms with E-state index in [2.05, 4.69) is 6.92 Å². The number of carbonyl (C=O) groups excluding carboxylic acids is 5. The summed E-state index contributed by atoms with van der Waals surface area (Å²) in [6.07, 6.45) is 4.24. The number of carbonyl (C=O) groups is 5. The van der Waals surface area contributed by atoms with Gasteiger partial charge < -0.3 is 9.84 Å².